The SMILES string of the molecule is Cc1ccnc(NCCc2nccn2C)c1C#N. The van der Waals surface area contributed by atoms with Gasteiger partial charge in [0.2, 0.25) is 0 Å². The van der Waals surface area contributed by atoms with Crippen molar-refractivity contribution in [3.05, 3.63) is 41.6 Å². The molecule has 92 valence electrons. The number of nitrogens with zero attached hydrogens (tertiary/aromatic N) is 4. The summed E-state index contributed by atoms with van der Waals surface area (Å²) in [7, 11) is 1.97. The van der Waals surface area contributed by atoms with Crippen LogP contribution in [0.25, 0.3) is 0 Å². The lowest BCUT2D eigenvalue weighted by Gasteiger charge is -2.08. The van der Waals surface area contributed by atoms with Gasteiger partial charge in [-0.15, -0.1) is 0 Å². The molecule has 2 aromatic rings. The van der Waals surface area contributed by atoms with Crippen molar-refractivity contribution in [3.63, 3.8) is 0 Å². The molecule has 2 rings (SSSR count). The first kappa shape index (κ1) is 12.1. The van der Waals surface area contributed by atoms with E-state index in [9.17, 15) is 0 Å². The molecule has 5 nitrogen and oxygen atoms in total. The largest absolute Gasteiger partial charge is 0.369 e. The fourth-order valence-corrected chi connectivity index (χ4v) is 1.76. The van der Waals surface area contributed by atoms with E-state index < -0.39 is 0 Å². The predicted octanol–water partition coefficient (Wildman–Crippen LogP) is 1.65. The van der Waals surface area contributed by atoms with Crippen molar-refractivity contribution in [2.45, 2.75) is 13.3 Å². The molecule has 0 saturated carbocycles. The van der Waals surface area contributed by atoms with Crippen LogP contribution < -0.4 is 5.32 Å². The molecular weight excluding hydrogens is 226 g/mol. The summed E-state index contributed by atoms with van der Waals surface area (Å²) in [6.07, 6.45) is 6.20. The fraction of sp³-hybridized carbons (Fsp3) is 0.308. The highest BCUT2D eigenvalue weighted by molar-refractivity contribution is 5.55. The monoisotopic (exact) mass is 241 g/mol. The van der Waals surface area contributed by atoms with E-state index in [2.05, 4.69) is 21.4 Å². The van der Waals surface area contributed by atoms with E-state index in [1.807, 2.05) is 30.8 Å². The maximum Gasteiger partial charge on any atom is 0.144 e. The minimum Gasteiger partial charge on any atom is -0.369 e. The molecule has 0 fully saturated rings. The standard InChI is InChI=1S/C13H15N5/c1-10-3-5-16-13(11(10)9-14)17-6-4-12-15-7-8-18(12)2/h3,5,7-8H,4,6H2,1-2H3,(H,16,17). The van der Waals surface area contributed by atoms with Crippen LogP contribution in [0.2, 0.25) is 0 Å². The van der Waals surface area contributed by atoms with Crippen molar-refractivity contribution in [1.29, 1.82) is 5.26 Å². The van der Waals surface area contributed by atoms with Gasteiger partial charge in [0, 0.05) is 38.6 Å². The van der Waals surface area contributed by atoms with Gasteiger partial charge in [-0.1, -0.05) is 0 Å². The van der Waals surface area contributed by atoms with Gasteiger partial charge in [0.25, 0.3) is 0 Å². The fourth-order valence-electron chi connectivity index (χ4n) is 1.76. The molecule has 0 aliphatic rings. The van der Waals surface area contributed by atoms with Crippen LogP contribution in [0.4, 0.5) is 5.82 Å². The number of pyridine rings is 1. The third-order valence-electron chi connectivity index (χ3n) is 2.83. The Bertz CT molecular complexity index is 579. The normalized spacial score (nSPS) is 10.1. The number of nitrogens with one attached hydrogen (secondary N) is 1. The summed E-state index contributed by atoms with van der Waals surface area (Å²) >= 11 is 0. The van der Waals surface area contributed by atoms with E-state index >= 15 is 0 Å². The van der Waals surface area contributed by atoms with Crippen LogP contribution in [0.1, 0.15) is 17.0 Å². The third-order valence-corrected chi connectivity index (χ3v) is 2.83. The Morgan fingerprint density at radius 3 is 2.89 bits per heavy atom. The smallest absolute Gasteiger partial charge is 0.144 e. The van der Waals surface area contributed by atoms with E-state index in [4.69, 9.17) is 5.26 Å². The van der Waals surface area contributed by atoms with Gasteiger partial charge in [-0.3, -0.25) is 0 Å². The van der Waals surface area contributed by atoms with Gasteiger partial charge in [0.1, 0.15) is 17.7 Å². The molecule has 0 unspecified atom stereocenters. The lowest BCUT2D eigenvalue weighted by molar-refractivity contribution is 0.788. The zero-order valence-electron chi connectivity index (χ0n) is 10.5. The summed E-state index contributed by atoms with van der Waals surface area (Å²) in [6.45, 7) is 2.61. The van der Waals surface area contributed by atoms with E-state index in [1.165, 1.54) is 0 Å². The highest BCUT2D eigenvalue weighted by Gasteiger charge is 2.06. The first-order valence-electron chi connectivity index (χ1n) is 5.78. The maximum atomic E-state index is 9.08. The Labute approximate surface area is 106 Å². The molecule has 0 spiro atoms. The van der Waals surface area contributed by atoms with Crippen molar-refractivity contribution in [2.24, 2.45) is 7.05 Å². The second-order valence-corrected chi connectivity index (χ2v) is 4.09. The number of anilines is 1. The molecule has 0 aliphatic carbocycles. The van der Waals surface area contributed by atoms with Gasteiger partial charge in [-0.2, -0.15) is 5.26 Å². The second kappa shape index (κ2) is 5.32. The summed E-state index contributed by atoms with van der Waals surface area (Å²) in [5, 5.41) is 12.3. The molecule has 0 saturated heterocycles. The van der Waals surface area contributed by atoms with Gasteiger partial charge < -0.3 is 9.88 Å². The summed E-state index contributed by atoms with van der Waals surface area (Å²) in [5.74, 6) is 1.65. The van der Waals surface area contributed by atoms with Crippen molar-refractivity contribution in [3.8, 4) is 6.07 Å². The maximum absolute atomic E-state index is 9.08. The second-order valence-electron chi connectivity index (χ2n) is 4.09. The number of hydrogen-bond donors (Lipinski definition) is 1. The molecule has 0 amide bonds. The van der Waals surface area contributed by atoms with Crippen LogP contribution in [0, 0.1) is 18.3 Å². The molecule has 5 heteroatoms. The van der Waals surface area contributed by atoms with Gasteiger partial charge in [0.15, 0.2) is 0 Å². The number of imidazole rings is 1. The molecule has 0 aliphatic heterocycles. The Balaban J connectivity index is 2.01. The highest BCUT2D eigenvalue weighted by Crippen LogP contribution is 2.14. The Morgan fingerprint density at radius 1 is 1.39 bits per heavy atom. The first-order chi connectivity index (χ1) is 8.72. The zero-order valence-corrected chi connectivity index (χ0v) is 10.5. The average molecular weight is 241 g/mol. The van der Waals surface area contributed by atoms with E-state index in [0.717, 1.165) is 17.8 Å². The molecule has 2 aromatic heterocycles. The molecule has 0 bridgehead atoms. The van der Waals surface area contributed by atoms with Crippen LogP contribution in [-0.4, -0.2) is 21.1 Å². The topological polar surface area (TPSA) is 66.5 Å². The number of aryl methyl sites for hydroxylation is 2. The molecule has 1 N–H and O–H groups in total. The number of hydrogen-bond acceptors (Lipinski definition) is 4. The first-order valence-corrected chi connectivity index (χ1v) is 5.78. The summed E-state index contributed by atoms with van der Waals surface area (Å²) in [6, 6.07) is 4.01. The molecule has 0 radical (unpaired) electrons. The molecule has 2 heterocycles. The van der Waals surface area contributed by atoms with E-state index in [1.54, 1.807) is 12.4 Å². The van der Waals surface area contributed by atoms with Crippen LogP contribution in [0.5, 0.6) is 0 Å². The Kier molecular flexibility index (Phi) is 3.58. The van der Waals surface area contributed by atoms with Gasteiger partial charge in [0.05, 0.1) is 5.56 Å². The minimum absolute atomic E-state index is 0.609. The van der Waals surface area contributed by atoms with Crippen molar-refractivity contribution < 1.29 is 0 Å². The molecule has 18 heavy (non-hydrogen) atoms. The van der Waals surface area contributed by atoms with Gasteiger partial charge in [-0.25, -0.2) is 9.97 Å². The minimum atomic E-state index is 0.609. The average Bonchev–Trinajstić information content (AvgIpc) is 2.75. The van der Waals surface area contributed by atoms with Crippen LogP contribution in [0.15, 0.2) is 24.7 Å². The van der Waals surface area contributed by atoms with Crippen molar-refractivity contribution in [1.82, 2.24) is 14.5 Å². The highest BCUT2D eigenvalue weighted by atomic mass is 15.0. The lowest BCUT2D eigenvalue weighted by atomic mass is 10.1. The van der Waals surface area contributed by atoms with Crippen LogP contribution >= 0.6 is 0 Å². The molecular formula is C13H15N5. The van der Waals surface area contributed by atoms with E-state index in [-0.39, 0.29) is 0 Å². The van der Waals surface area contributed by atoms with Crippen molar-refractivity contribution >= 4 is 5.82 Å². The number of nitriles is 1. The quantitative estimate of drug-likeness (QED) is 0.883. The van der Waals surface area contributed by atoms with Gasteiger partial charge in [-0.05, 0) is 18.6 Å². The van der Waals surface area contributed by atoms with Gasteiger partial charge >= 0.3 is 0 Å². The van der Waals surface area contributed by atoms with Crippen LogP contribution in [-0.2, 0) is 13.5 Å². The van der Waals surface area contributed by atoms with Crippen LogP contribution in [0.3, 0.4) is 0 Å². The summed E-state index contributed by atoms with van der Waals surface area (Å²) < 4.78 is 1.98. The number of rotatable bonds is 4. The lowest BCUT2D eigenvalue weighted by Crippen LogP contribution is -2.11. The Hall–Kier alpha value is -2.35. The summed E-state index contributed by atoms with van der Waals surface area (Å²) in [5.41, 5.74) is 1.55. The predicted molar refractivity (Wildman–Crippen MR) is 69.1 cm³/mol. The number of aromatic nitrogens is 3. The molecule has 0 atom stereocenters. The summed E-state index contributed by atoms with van der Waals surface area (Å²) in [4.78, 5) is 8.44. The van der Waals surface area contributed by atoms with E-state index in [0.29, 0.717) is 17.9 Å². The zero-order chi connectivity index (χ0) is 13.0. The molecule has 0 aromatic carbocycles. The van der Waals surface area contributed by atoms with Crippen molar-refractivity contribution in [2.75, 3.05) is 11.9 Å². The third kappa shape index (κ3) is 2.48. The Morgan fingerprint density at radius 2 is 2.22 bits per heavy atom.